The summed E-state index contributed by atoms with van der Waals surface area (Å²) >= 11 is 0. The van der Waals surface area contributed by atoms with Crippen LogP contribution in [0.5, 0.6) is 0 Å². The molecule has 0 aromatic rings. The minimum absolute atomic E-state index is 0.368. The van der Waals surface area contributed by atoms with Gasteiger partial charge in [-0.3, -0.25) is 19.2 Å². The molecule has 10 nitrogen and oxygen atoms in total. The average molecular weight is 348 g/mol. The number of esters is 4. The maximum Gasteiger partial charge on any atom is 0.303 e. The van der Waals surface area contributed by atoms with Gasteiger partial charge in [0, 0.05) is 27.7 Å². The zero-order chi connectivity index (χ0) is 18.5. The van der Waals surface area contributed by atoms with E-state index in [0.29, 0.717) is 0 Å². The smallest absolute Gasteiger partial charge is 0.303 e. The number of hydrogen-bond acceptors (Lipinski definition) is 10. The topological polar surface area (TPSA) is 135 Å². The van der Waals surface area contributed by atoms with Crippen LogP contribution in [0.1, 0.15) is 27.7 Å². The molecule has 1 aliphatic rings. The fourth-order valence-electron chi connectivity index (χ4n) is 2.16. The van der Waals surface area contributed by atoms with Crippen LogP contribution in [-0.4, -0.2) is 66.3 Å². The van der Waals surface area contributed by atoms with Crippen molar-refractivity contribution in [2.24, 2.45) is 0 Å². The van der Waals surface area contributed by atoms with Crippen molar-refractivity contribution in [2.75, 3.05) is 13.2 Å². The average Bonchev–Trinajstić information content (AvgIpc) is 2.68. The quantitative estimate of drug-likeness (QED) is 0.473. The molecule has 0 saturated carbocycles. The van der Waals surface area contributed by atoms with E-state index < -0.39 is 54.6 Å². The van der Waals surface area contributed by atoms with Gasteiger partial charge < -0.3 is 28.8 Å². The summed E-state index contributed by atoms with van der Waals surface area (Å²) in [6, 6.07) is 0. The number of rotatable bonds is 6. The van der Waals surface area contributed by atoms with Crippen molar-refractivity contribution in [3.8, 4) is 0 Å². The lowest BCUT2D eigenvalue weighted by molar-refractivity contribution is -0.257. The third-order valence-corrected chi connectivity index (χ3v) is 2.99. The van der Waals surface area contributed by atoms with Gasteiger partial charge in [0.05, 0.1) is 0 Å². The van der Waals surface area contributed by atoms with Crippen LogP contribution in [0.2, 0.25) is 0 Å². The molecule has 1 N–H and O–H groups in total. The molecule has 0 aromatic heterocycles. The molecule has 136 valence electrons. The Kier molecular flexibility index (Phi) is 6.67. The molecule has 4 atom stereocenters. The molecule has 0 radical (unpaired) electrons. The lowest BCUT2D eigenvalue weighted by Crippen LogP contribution is -2.50. The number of hydrogen-bond donors (Lipinski definition) is 1. The van der Waals surface area contributed by atoms with Crippen molar-refractivity contribution in [1.29, 1.82) is 0 Å². The van der Waals surface area contributed by atoms with Crippen molar-refractivity contribution in [3.63, 3.8) is 0 Å². The van der Waals surface area contributed by atoms with E-state index in [0.717, 1.165) is 27.7 Å². The maximum absolute atomic E-state index is 11.3. The summed E-state index contributed by atoms with van der Waals surface area (Å²) in [4.78, 5) is 44.5. The lowest BCUT2D eigenvalue weighted by Gasteiger charge is -2.28. The Morgan fingerprint density at radius 3 is 1.92 bits per heavy atom. The van der Waals surface area contributed by atoms with Crippen molar-refractivity contribution in [1.82, 2.24) is 0 Å². The standard InChI is InChI=1S/C14H20O10/c1-7(15)20-5-11-12(22-9(3)17)13(23-10(4)18)14(19,24-11)6-21-8(2)16/h11-13,19H,5-6H2,1-4H3. The molecule has 0 bridgehead atoms. The highest BCUT2D eigenvalue weighted by Gasteiger charge is 2.59. The normalized spacial score (nSPS) is 28.8. The molecule has 1 fully saturated rings. The van der Waals surface area contributed by atoms with Crippen LogP contribution in [0.4, 0.5) is 0 Å². The van der Waals surface area contributed by atoms with E-state index in [1.54, 1.807) is 0 Å². The summed E-state index contributed by atoms with van der Waals surface area (Å²) in [6.45, 7) is 3.42. The van der Waals surface area contributed by atoms with Crippen molar-refractivity contribution < 1.29 is 48.0 Å². The van der Waals surface area contributed by atoms with E-state index in [2.05, 4.69) is 0 Å². The number of carbonyl (C=O) groups excluding carboxylic acids is 4. The number of aliphatic hydroxyl groups is 1. The number of carbonyl (C=O) groups is 4. The Bertz CT molecular complexity index is 516. The summed E-state index contributed by atoms with van der Waals surface area (Å²) < 4.78 is 24.9. The van der Waals surface area contributed by atoms with Crippen molar-refractivity contribution in [2.45, 2.75) is 51.8 Å². The van der Waals surface area contributed by atoms with Crippen molar-refractivity contribution in [3.05, 3.63) is 0 Å². The van der Waals surface area contributed by atoms with E-state index in [1.807, 2.05) is 0 Å². The molecule has 0 amide bonds. The Morgan fingerprint density at radius 2 is 1.46 bits per heavy atom. The van der Waals surface area contributed by atoms with Crippen LogP contribution < -0.4 is 0 Å². The second-order valence-electron chi connectivity index (χ2n) is 5.19. The highest BCUT2D eigenvalue weighted by Crippen LogP contribution is 2.34. The Labute approximate surface area is 137 Å². The van der Waals surface area contributed by atoms with Gasteiger partial charge in [-0.15, -0.1) is 0 Å². The van der Waals surface area contributed by atoms with Gasteiger partial charge in [0.15, 0.2) is 12.2 Å². The molecule has 4 unspecified atom stereocenters. The van der Waals surface area contributed by atoms with Crippen LogP contribution >= 0.6 is 0 Å². The predicted molar refractivity (Wildman–Crippen MR) is 74.2 cm³/mol. The summed E-state index contributed by atoms with van der Waals surface area (Å²) in [5.41, 5.74) is 0. The molecule has 10 heteroatoms. The Hall–Kier alpha value is -2.20. The molecule has 1 saturated heterocycles. The first-order chi connectivity index (χ1) is 11.0. The molecule has 0 spiro atoms. The summed E-state index contributed by atoms with van der Waals surface area (Å²) in [6.07, 6.45) is -3.85. The third-order valence-electron chi connectivity index (χ3n) is 2.99. The third kappa shape index (κ3) is 5.46. The molecule has 1 aliphatic heterocycles. The molecule has 24 heavy (non-hydrogen) atoms. The van der Waals surface area contributed by atoms with E-state index in [4.69, 9.17) is 23.7 Å². The fourth-order valence-corrected chi connectivity index (χ4v) is 2.16. The van der Waals surface area contributed by atoms with Gasteiger partial charge in [-0.25, -0.2) is 0 Å². The first-order valence-electron chi connectivity index (χ1n) is 7.06. The number of ether oxygens (including phenoxy) is 5. The first-order valence-corrected chi connectivity index (χ1v) is 7.06. The highest BCUT2D eigenvalue weighted by atomic mass is 16.7. The minimum Gasteiger partial charge on any atom is -0.463 e. The van der Waals surface area contributed by atoms with E-state index in [9.17, 15) is 24.3 Å². The molecule has 1 rings (SSSR count). The van der Waals surface area contributed by atoms with E-state index >= 15 is 0 Å². The Morgan fingerprint density at radius 1 is 0.917 bits per heavy atom. The fraction of sp³-hybridized carbons (Fsp3) is 0.714. The molecule has 0 aliphatic carbocycles. The zero-order valence-electron chi connectivity index (χ0n) is 13.8. The van der Waals surface area contributed by atoms with Gasteiger partial charge in [0.1, 0.15) is 19.3 Å². The van der Waals surface area contributed by atoms with Gasteiger partial charge in [-0.1, -0.05) is 0 Å². The maximum atomic E-state index is 11.3. The van der Waals surface area contributed by atoms with Crippen molar-refractivity contribution >= 4 is 23.9 Å². The summed E-state index contributed by atoms with van der Waals surface area (Å²) in [7, 11) is 0. The summed E-state index contributed by atoms with van der Waals surface area (Å²) in [5.74, 6) is -5.11. The van der Waals surface area contributed by atoms with Gasteiger partial charge in [-0.2, -0.15) is 0 Å². The second-order valence-corrected chi connectivity index (χ2v) is 5.19. The SMILES string of the molecule is CC(=O)OCC1OC(O)(COC(C)=O)C(OC(C)=O)C1OC(C)=O. The highest BCUT2D eigenvalue weighted by molar-refractivity contribution is 5.68. The first kappa shape index (κ1) is 19.8. The van der Waals surface area contributed by atoms with E-state index in [1.165, 1.54) is 0 Å². The van der Waals surface area contributed by atoms with Crippen LogP contribution in [0, 0.1) is 0 Å². The van der Waals surface area contributed by atoms with Gasteiger partial charge in [0.2, 0.25) is 5.79 Å². The van der Waals surface area contributed by atoms with Gasteiger partial charge >= 0.3 is 23.9 Å². The monoisotopic (exact) mass is 348 g/mol. The molecule has 1 heterocycles. The second kappa shape index (κ2) is 8.06. The zero-order valence-corrected chi connectivity index (χ0v) is 13.8. The molecular weight excluding hydrogens is 328 g/mol. The predicted octanol–water partition coefficient (Wildman–Crippen LogP) is -0.937. The van der Waals surface area contributed by atoms with Crippen LogP contribution in [-0.2, 0) is 42.9 Å². The largest absolute Gasteiger partial charge is 0.463 e. The molecular formula is C14H20O10. The summed E-state index contributed by atoms with van der Waals surface area (Å²) in [5, 5.41) is 10.6. The van der Waals surface area contributed by atoms with E-state index in [-0.39, 0.29) is 6.61 Å². The van der Waals surface area contributed by atoms with Crippen LogP contribution in [0.15, 0.2) is 0 Å². The molecule has 0 aromatic carbocycles. The van der Waals surface area contributed by atoms with Gasteiger partial charge in [0.25, 0.3) is 0 Å². The Balaban J connectivity index is 3.07. The van der Waals surface area contributed by atoms with Crippen LogP contribution in [0.3, 0.4) is 0 Å². The van der Waals surface area contributed by atoms with Gasteiger partial charge in [-0.05, 0) is 0 Å². The van der Waals surface area contributed by atoms with Crippen LogP contribution in [0.25, 0.3) is 0 Å². The minimum atomic E-state index is -2.26. The lowest BCUT2D eigenvalue weighted by atomic mass is 10.1.